The van der Waals surface area contributed by atoms with Gasteiger partial charge in [-0.1, -0.05) is 19.4 Å². The van der Waals surface area contributed by atoms with Crippen molar-refractivity contribution in [1.29, 1.82) is 0 Å². The molecule has 7 nitrogen and oxygen atoms in total. The molecule has 0 atom stereocenters. The summed E-state index contributed by atoms with van der Waals surface area (Å²) < 4.78 is 51.2. The van der Waals surface area contributed by atoms with Crippen LogP contribution in [0.2, 0.25) is 0 Å². The Labute approximate surface area is 207 Å². The molecule has 0 bridgehead atoms. The number of halogens is 3. The minimum atomic E-state index is -4.43. The minimum absolute atomic E-state index is 0.0299. The molecule has 194 valence electrons. The summed E-state index contributed by atoms with van der Waals surface area (Å²) in [6.45, 7) is 2.55. The number of aliphatic carboxylic acids is 1. The molecule has 0 fully saturated rings. The van der Waals surface area contributed by atoms with Gasteiger partial charge in [0.05, 0.1) is 25.0 Å². The Kier molecular flexibility index (Phi) is 9.32. The maximum atomic E-state index is 12.8. The van der Waals surface area contributed by atoms with E-state index in [9.17, 15) is 18.0 Å². The van der Waals surface area contributed by atoms with Gasteiger partial charge in [-0.25, -0.2) is 9.67 Å². The van der Waals surface area contributed by atoms with Gasteiger partial charge in [0.25, 0.3) is 0 Å². The number of ether oxygens (including phenoxy) is 2. The zero-order chi connectivity index (χ0) is 26.1. The molecule has 0 unspecified atom stereocenters. The first-order chi connectivity index (χ1) is 17.2. The highest BCUT2D eigenvalue weighted by Crippen LogP contribution is 2.29. The Morgan fingerprint density at radius 3 is 2.53 bits per heavy atom. The Balaban J connectivity index is 1.55. The maximum Gasteiger partial charge on any atom is 0.417 e. The number of aryl methyl sites for hydroxylation is 3. The lowest BCUT2D eigenvalue weighted by atomic mass is 10.1. The monoisotopic (exact) mass is 505 g/mol. The number of benzene rings is 1. The smallest absolute Gasteiger partial charge is 0.417 e. The van der Waals surface area contributed by atoms with E-state index < -0.39 is 17.7 Å². The molecule has 1 N–H and O–H groups in total. The van der Waals surface area contributed by atoms with Gasteiger partial charge in [-0.3, -0.25) is 4.79 Å². The lowest BCUT2D eigenvalue weighted by Gasteiger charge is -2.11. The SMILES string of the molecule is CCCc1nn(-c2ccc(C(F)(F)F)cn2)cc1CCCCOc1ccc(CCC(=O)O)c(OC)c1. The number of aromatic nitrogens is 3. The summed E-state index contributed by atoms with van der Waals surface area (Å²) >= 11 is 0. The molecular weight excluding hydrogens is 475 g/mol. The van der Waals surface area contributed by atoms with Crippen LogP contribution < -0.4 is 9.47 Å². The van der Waals surface area contributed by atoms with E-state index in [0.29, 0.717) is 30.3 Å². The first kappa shape index (κ1) is 27.0. The predicted octanol–water partition coefficient (Wildman–Crippen LogP) is 5.67. The van der Waals surface area contributed by atoms with Gasteiger partial charge in [0.2, 0.25) is 0 Å². The second kappa shape index (κ2) is 12.4. The van der Waals surface area contributed by atoms with Crippen LogP contribution in [-0.4, -0.2) is 39.6 Å². The van der Waals surface area contributed by atoms with Crippen LogP contribution in [0.1, 0.15) is 55.0 Å². The topological polar surface area (TPSA) is 86.5 Å². The van der Waals surface area contributed by atoms with E-state index in [2.05, 4.69) is 10.1 Å². The molecule has 3 rings (SSSR count). The Bertz CT molecular complexity index is 1140. The number of hydrogen-bond acceptors (Lipinski definition) is 5. The van der Waals surface area contributed by atoms with E-state index in [1.54, 1.807) is 12.1 Å². The lowest BCUT2D eigenvalue weighted by Crippen LogP contribution is -2.07. The number of carboxylic acids is 1. The molecule has 0 saturated heterocycles. The number of methoxy groups -OCH3 is 1. The molecule has 10 heteroatoms. The molecule has 1 aromatic carbocycles. The molecular formula is C26H30F3N3O4. The zero-order valence-electron chi connectivity index (χ0n) is 20.3. The van der Waals surface area contributed by atoms with E-state index in [-0.39, 0.29) is 6.42 Å². The standard InChI is InChI=1S/C26H30F3N3O4/c1-3-6-22-19(17-32(31-22)24-12-10-20(16-30-24)26(27,28)29)7-4-5-14-36-21-11-8-18(9-13-25(33)34)23(15-21)35-2/h8,10-12,15-17H,3-7,9,13-14H2,1-2H3,(H,33,34). The first-order valence-corrected chi connectivity index (χ1v) is 11.8. The fraction of sp³-hybridized carbons (Fsp3) is 0.423. The fourth-order valence-electron chi connectivity index (χ4n) is 3.78. The van der Waals surface area contributed by atoms with Crippen molar-refractivity contribution in [2.45, 2.75) is 58.0 Å². The van der Waals surface area contributed by atoms with E-state index >= 15 is 0 Å². The summed E-state index contributed by atoms with van der Waals surface area (Å²) in [6.07, 6.45) is 2.71. The van der Waals surface area contributed by atoms with Crippen molar-refractivity contribution in [2.75, 3.05) is 13.7 Å². The first-order valence-electron chi connectivity index (χ1n) is 11.8. The molecule has 0 spiro atoms. The maximum absolute atomic E-state index is 12.8. The van der Waals surface area contributed by atoms with Crippen LogP contribution in [0.5, 0.6) is 11.5 Å². The zero-order valence-corrected chi connectivity index (χ0v) is 20.3. The van der Waals surface area contributed by atoms with Gasteiger partial charge >= 0.3 is 12.1 Å². The third-order valence-corrected chi connectivity index (χ3v) is 5.65. The van der Waals surface area contributed by atoms with Gasteiger partial charge in [-0.05, 0) is 61.4 Å². The van der Waals surface area contributed by atoms with Gasteiger partial charge < -0.3 is 14.6 Å². The molecule has 0 radical (unpaired) electrons. The quantitative estimate of drug-likeness (QED) is 0.302. The Morgan fingerprint density at radius 2 is 1.89 bits per heavy atom. The van der Waals surface area contributed by atoms with Crippen LogP contribution in [0.25, 0.3) is 5.82 Å². The number of pyridine rings is 1. The van der Waals surface area contributed by atoms with Gasteiger partial charge in [0, 0.05) is 24.9 Å². The summed E-state index contributed by atoms with van der Waals surface area (Å²) in [5.41, 5.74) is 1.99. The average Bonchev–Trinajstić information content (AvgIpc) is 3.25. The molecule has 36 heavy (non-hydrogen) atoms. The van der Waals surface area contributed by atoms with Crippen molar-refractivity contribution in [3.63, 3.8) is 0 Å². The third-order valence-electron chi connectivity index (χ3n) is 5.65. The van der Waals surface area contributed by atoms with Gasteiger partial charge in [0.15, 0.2) is 5.82 Å². The highest BCUT2D eigenvalue weighted by molar-refractivity contribution is 5.67. The van der Waals surface area contributed by atoms with Crippen LogP contribution in [-0.2, 0) is 30.2 Å². The normalized spacial score (nSPS) is 11.5. The number of rotatable bonds is 13. The average molecular weight is 506 g/mol. The van der Waals surface area contributed by atoms with Crippen LogP contribution in [0.15, 0.2) is 42.7 Å². The number of hydrogen-bond donors (Lipinski definition) is 1. The Hall–Kier alpha value is -3.56. The molecule has 0 amide bonds. The van der Waals surface area contributed by atoms with Crippen molar-refractivity contribution in [1.82, 2.24) is 14.8 Å². The van der Waals surface area contributed by atoms with Crippen molar-refractivity contribution in [3.05, 3.63) is 65.1 Å². The van der Waals surface area contributed by atoms with Crippen LogP contribution in [0.3, 0.4) is 0 Å². The van der Waals surface area contributed by atoms with Gasteiger partial charge in [-0.2, -0.15) is 18.3 Å². The number of carbonyl (C=O) groups is 1. The van der Waals surface area contributed by atoms with Crippen LogP contribution in [0.4, 0.5) is 13.2 Å². The van der Waals surface area contributed by atoms with E-state index in [1.165, 1.54) is 17.9 Å². The summed E-state index contributed by atoms with van der Waals surface area (Å²) in [4.78, 5) is 14.7. The molecule has 0 aliphatic carbocycles. The second-order valence-electron chi connectivity index (χ2n) is 8.37. The van der Waals surface area contributed by atoms with Crippen molar-refractivity contribution in [3.8, 4) is 17.3 Å². The fourth-order valence-corrected chi connectivity index (χ4v) is 3.78. The largest absolute Gasteiger partial charge is 0.496 e. The molecule has 0 aliphatic heterocycles. The van der Waals surface area contributed by atoms with Crippen molar-refractivity contribution < 1.29 is 32.5 Å². The highest BCUT2D eigenvalue weighted by Gasteiger charge is 2.30. The number of nitrogens with zero attached hydrogens (tertiary/aromatic N) is 3. The van der Waals surface area contributed by atoms with E-state index in [4.69, 9.17) is 14.6 Å². The molecule has 0 aliphatic rings. The molecule has 2 aromatic heterocycles. The highest BCUT2D eigenvalue weighted by atomic mass is 19.4. The predicted molar refractivity (Wildman–Crippen MR) is 128 cm³/mol. The van der Waals surface area contributed by atoms with E-state index in [1.807, 2.05) is 19.2 Å². The Morgan fingerprint density at radius 1 is 1.08 bits per heavy atom. The van der Waals surface area contributed by atoms with E-state index in [0.717, 1.165) is 61.2 Å². The van der Waals surface area contributed by atoms with Crippen molar-refractivity contribution >= 4 is 5.97 Å². The number of unbranched alkanes of at least 4 members (excludes halogenated alkanes) is 1. The molecule has 3 aromatic rings. The van der Waals surface area contributed by atoms with Crippen LogP contribution >= 0.6 is 0 Å². The number of alkyl halides is 3. The summed E-state index contributed by atoms with van der Waals surface area (Å²) in [7, 11) is 1.54. The van der Waals surface area contributed by atoms with Gasteiger partial charge in [-0.15, -0.1) is 0 Å². The van der Waals surface area contributed by atoms with Crippen molar-refractivity contribution in [2.24, 2.45) is 0 Å². The van der Waals surface area contributed by atoms with Gasteiger partial charge in [0.1, 0.15) is 11.5 Å². The number of carboxylic acid groups (broad SMARTS) is 1. The summed E-state index contributed by atoms with van der Waals surface area (Å²) in [5.74, 6) is 0.734. The summed E-state index contributed by atoms with van der Waals surface area (Å²) in [5, 5.41) is 13.4. The lowest BCUT2D eigenvalue weighted by molar-refractivity contribution is -0.138. The minimum Gasteiger partial charge on any atom is -0.496 e. The third kappa shape index (κ3) is 7.47. The van der Waals surface area contributed by atoms with Crippen LogP contribution in [0, 0.1) is 0 Å². The molecule has 2 heterocycles. The molecule has 0 saturated carbocycles. The summed E-state index contributed by atoms with van der Waals surface area (Å²) in [6, 6.07) is 7.72. The second-order valence-corrected chi connectivity index (χ2v) is 8.37.